The third-order valence-electron chi connectivity index (χ3n) is 9.27. The van der Waals surface area contributed by atoms with Crippen LogP contribution < -0.4 is 0 Å². The SMILES string of the molecule is O=C(c1cc(-c2ccc(C(F)(F)F)cc2)nc2ccc(C(F)(F)F)cc12)N1CCC(N2CCC[C@@H](C(=O)N3CCOCC3)C2)CC1. The van der Waals surface area contributed by atoms with Crippen LogP contribution in [0.3, 0.4) is 0 Å². The molecule has 3 saturated heterocycles. The summed E-state index contributed by atoms with van der Waals surface area (Å²) >= 11 is 0. The van der Waals surface area contributed by atoms with Crippen LogP contribution in [0.1, 0.15) is 47.2 Å². The minimum Gasteiger partial charge on any atom is -0.378 e. The first-order valence-corrected chi connectivity index (χ1v) is 15.5. The molecule has 0 aliphatic carbocycles. The van der Waals surface area contributed by atoms with Crippen LogP contribution in [0.2, 0.25) is 0 Å². The molecule has 0 radical (unpaired) electrons. The number of aromatic nitrogens is 1. The van der Waals surface area contributed by atoms with Gasteiger partial charge in [0.2, 0.25) is 5.91 Å². The Hall–Kier alpha value is -3.71. The van der Waals surface area contributed by atoms with Gasteiger partial charge in [-0.3, -0.25) is 14.5 Å². The number of hydrogen-bond acceptors (Lipinski definition) is 5. The summed E-state index contributed by atoms with van der Waals surface area (Å²) in [5, 5.41) is 0.0260. The van der Waals surface area contributed by atoms with Crippen LogP contribution in [0.25, 0.3) is 22.2 Å². The number of halogens is 6. The van der Waals surface area contributed by atoms with Gasteiger partial charge in [-0.05, 0) is 68.6 Å². The summed E-state index contributed by atoms with van der Waals surface area (Å²) in [6.07, 6.45) is -6.16. The molecule has 3 aliphatic rings. The predicted molar refractivity (Wildman–Crippen MR) is 158 cm³/mol. The normalized spacial score (nSPS) is 20.7. The average Bonchev–Trinajstić information content (AvgIpc) is 3.06. The van der Waals surface area contributed by atoms with Gasteiger partial charge in [-0.1, -0.05) is 12.1 Å². The number of carbonyl (C=O) groups is 2. The highest BCUT2D eigenvalue weighted by Crippen LogP contribution is 2.35. The van der Waals surface area contributed by atoms with E-state index in [9.17, 15) is 35.9 Å². The number of pyridine rings is 1. The largest absolute Gasteiger partial charge is 0.416 e. The molecular formula is C33H34F6N4O3. The van der Waals surface area contributed by atoms with Crippen molar-refractivity contribution in [3.8, 4) is 11.3 Å². The summed E-state index contributed by atoms with van der Waals surface area (Å²) in [7, 11) is 0. The minimum absolute atomic E-state index is 0.0126. The zero-order valence-corrected chi connectivity index (χ0v) is 25.0. The smallest absolute Gasteiger partial charge is 0.378 e. The van der Waals surface area contributed by atoms with E-state index in [1.807, 2.05) is 4.90 Å². The molecule has 0 spiro atoms. The molecule has 0 bridgehead atoms. The van der Waals surface area contributed by atoms with Gasteiger partial charge < -0.3 is 14.5 Å². The Labute approximate surface area is 262 Å². The summed E-state index contributed by atoms with van der Waals surface area (Å²) in [4.78, 5) is 37.3. The van der Waals surface area contributed by atoms with E-state index < -0.39 is 29.4 Å². The molecule has 0 N–H and O–H groups in total. The molecule has 2 amide bonds. The van der Waals surface area contributed by atoms with Crippen molar-refractivity contribution in [2.45, 2.75) is 44.1 Å². The maximum absolute atomic E-state index is 13.9. The summed E-state index contributed by atoms with van der Waals surface area (Å²) in [5.41, 5.74) is -1.15. The Morgan fingerprint density at radius 3 is 2.07 bits per heavy atom. The van der Waals surface area contributed by atoms with E-state index >= 15 is 0 Å². The number of carbonyl (C=O) groups excluding carboxylic acids is 2. The zero-order chi connectivity index (χ0) is 32.6. The lowest BCUT2D eigenvalue weighted by Gasteiger charge is -2.43. The third kappa shape index (κ3) is 6.85. The van der Waals surface area contributed by atoms with E-state index in [0.29, 0.717) is 64.3 Å². The first-order valence-electron chi connectivity index (χ1n) is 15.5. The van der Waals surface area contributed by atoms with Crippen LogP contribution in [0.5, 0.6) is 0 Å². The molecule has 4 heterocycles. The zero-order valence-electron chi connectivity index (χ0n) is 25.0. The second kappa shape index (κ2) is 12.8. The van der Waals surface area contributed by atoms with E-state index in [2.05, 4.69) is 9.88 Å². The Bertz CT molecular complexity index is 1580. The summed E-state index contributed by atoms with van der Waals surface area (Å²) < 4.78 is 85.7. The molecule has 246 valence electrons. The van der Waals surface area contributed by atoms with Crippen molar-refractivity contribution < 1.29 is 40.7 Å². The van der Waals surface area contributed by atoms with Crippen LogP contribution in [-0.2, 0) is 21.9 Å². The lowest BCUT2D eigenvalue weighted by molar-refractivity contribution is -0.142. The highest BCUT2D eigenvalue weighted by atomic mass is 19.4. The highest BCUT2D eigenvalue weighted by molar-refractivity contribution is 6.07. The van der Waals surface area contributed by atoms with Gasteiger partial charge in [-0.2, -0.15) is 26.3 Å². The number of benzene rings is 2. The number of morpholine rings is 1. The standard InChI is InChI=1S/C33H34F6N4O3/c34-32(35,36)23-5-3-21(4-6-23)29-19-27(26-18-24(33(37,38)39)7-8-28(26)40-29)31(45)41-12-9-25(10-13-41)43-11-1-2-22(20-43)30(44)42-14-16-46-17-15-42/h3-8,18-19,22,25H,1-2,9-17,20H2/t22-/m1/s1. The van der Waals surface area contributed by atoms with Crippen molar-refractivity contribution in [1.82, 2.24) is 19.7 Å². The minimum atomic E-state index is -4.64. The first-order chi connectivity index (χ1) is 21.9. The highest BCUT2D eigenvalue weighted by Gasteiger charge is 2.36. The molecule has 3 aliphatic heterocycles. The summed E-state index contributed by atoms with van der Waals surface area (Å²) in [6, 6.07) is 8.76. The van der Waals surface area contributed by atoms with E-state index in [1.54, 1.807) is 4.90 Å². The van der Waals surface area contributed by atoms with Gasteiger partial charge in [0.1, 0.15) is 0 Å². The number of alkyl halides is 6. The number of fused-ring (bicyclic) bond motifs is 1. The van der Waals surface area contributed by atoms with Crippen molar-refractivity contribution in [3.05, 3.63) is 65.2 Å². The van der Waals surface area contributed by atoms with Gasteiger partial charge in [0.25, 0.3) is 5.91 Å². The Morgan fingerprint density at radius 2 is 1.41 bits per heavy atom. The molecule has 7 nitrogen and oxygen atoms in total. The second-order valence-corrected chi connectivity index (χ2v) is 12.2. The molecule has 6 rings (SSSR count). The average molecular weight is 649 g/mol. The molecule has 0 unspecified atom stereocenters. The number of nitrogens with zero attached hydrogens (tertiary/aromatic N) is 4. The van der Waals surface area contributed by atoms with Crippen molar-refractivity contribution in [1.29, 1.82) is 0 Å². The molecule has 0 saturated carbocycles. The fourth-order valence-corrected chi connectivity index (χ4v) is 6.74. The number of rotatable bonds is 4. The Balaban J connectivity index is 1.21. The lowest BCUT2D eigenvalue weighted by atomic mass is 9.92. The number of amides is 2. The number of hydrogen-bond donors (Lipinski definition) is 0. The monoisotopic (exact) mass is 648 g/mol. The van der Waals surface area contributed by atoms with Crippen LogP contribution in [0.4, 0.5) is 26.3 Å². The van der Waals surface area contributed by atoms with E-state index in [0.717, 1.165) is 43.7 Å². The fraction of sp³-hybridized carbons (Fsp3) is 0.485. The first kappa shape index (κ1) is 32.2. The van der Waals surface area contributed by atoms with Gasteiger partial charge in [-0.15, -0.1) is 0 Å². The van der Waals surface area contributed by atoms with Crippen molar-refractivity contribution in [2.75, 3.05) is 52.5 Å². The van der Waals surface area contributed by atoms with Gasteiger partial charge >= 0.3 is 12.4 Å². The molecule has 2 aromatic carbocycles. The van der Waals surface area contributed by atoms with Crippen LogP contribution in [0, 0.1) is 5.92 Å². The molecule has 13 heteroatoms. The quantitative estimate of drug-likeness (QED) is 0.320. The van der Waals surface area contributed by atoms with Crippen LogP contribution >= 0.6 is 0 Å². The van der Waals surface area contributed by atoms with Gasteiger partial charge in [0.15, 0.2) is 0 Å². The fourth-order valence-electron chi connectivity index (χ4n) is 6.74. The van der Waals surface area contributed by atoms with E-state index in [4.69, 9.17) is 4.74 Å². The summed E-state index contributed by atoms with van der Waals surface area (Å²) in [5.74, 6) is -0.384. The Morgan fingerprint density at radius 1 is 0.761 bits per heavy atom. The maximum atomic E-state index is 13.9. The lowest BCUT2D eigenvalue weighted by Crippen LogP contribution is -2.53. The Kier molecular flexibility index (Phi) is 8.99. The topological polar surface area (TPSA) is 66.0 Å². The maximum Gasteiger partial charge on any atom is 0.416 e. The number of ether oxygens (including phenoxy) is 1. The molecule has 3 fully saturated rings. The molecule has 3 aromatic rings. The van der Waals surface area contributed by atoms with Gasteiger partial charge in [0, 0.05) is 49.7 Å². The third-order valence-corrected chi connectivity index (χ3v) is 9.27. The molecular weight excluding hydrogens is 614 g/mol. The number of piperidine rings is 2. The van der Waals surface area contributed by atoms with E-state index in [-0.39, 0.29) is 40.0 Å². The van der Waals surface area contributed by atoms with Crippen LogP contribution in [0.15, 0.2) is 48.5 Å². The summed E-state index contributed by atoms with van der Waals surface area (Å²) in [6.45, 7) is 4.56. The van der Waals surface area contributed by atoms with Crippen molar-refractivity contribution >= 4 is 22.7 Å². The van der Waals surface area contributed by atoms with Gasteiger partial charge in [0.05, 0.1) is 47.0 Å². The van der Waals surface area contributed by atoms with Crippen molar-refractivity contribution in [2.24, 2.45) is 5.92 Å². The van der Waals surface area contributed by atoms with Crippen LogP contribution in [-0.4, -0.2) is 90.0 Å². The van der Waals surface area contributed by atoms with Gasteiger partial charge in [-0.25, -0.2) is 4.98 Å². The predicted octanol–water partition coefficient (Wildman–Crippen LogP) is 6.11. The number of likely N-dealkylation sites (tertiary alicyclic amines) is 2. The molecule has 46 heavy (non-hydrogen) atoms. The van der Waals surface area contributed by atoms with E-state index in [1.165, 1.54) is 24.3 Å². The second-order valence-electron chi connectivity index (χ2n) is 12.2. The van der Waals surface area contributed by atoms with Crippen molar-refractivity contribution in [3.63, 3.8) is 0 Å². The molecule has 1 atom stereocenters. The molecule has 1 aromatic heterocycles.